The molecule has 18 heavy (non-hydrogen) atoms. The minimum atomic E-state index is 0.126. The Morgan fingerprint density at radius 3 is 3.17 bits per heavy atom. The summed E-state index contributed by atoms with van der Waals surface area (Å²) in [6.07, 6.45) is 3.57. The van der Waals surface area contributed by atoms with Crippen LogP contribution in [0.25, 0.3) is 5.65 Å². The SMILES string of the molecule is CC[C@H]1CC(=O)NCc2nc3c(C)cccn3c21. The smallest absolute Gasteiger partial charge is 0.220 e. The summed E-state index contributed by atoms with van der Waals surface area (Å²) < 4.78 is 2.15. The summed E-state index contributed by atoms with van der Waals surface area (Å²) in [7, 11) is 0. The summed E-state index contributed by atoms with van der Waals surface area (Å²) in [5.74, 6) is 0.389. The number of hydrogen-bond acceptors (Lipinski definition) is 2. The van der Waals surface area contributed by atoms with Crippen molar-refractivity contribution in [3.05, 3.63) is 35.3 Å². The molecule has 0 bridgehead atoms. The van der Waals surface area contributed by atoms with Crippen LogP contribution in [0.5, 0.6) is 0 Å². The van der Waals surface area contributed by atoms with Crippen LogP contribution in [0.4, 0.5) is 0 Å². The number of amides is 1. The molecule has 1 atom stereocenters. The van der Waals surface area contributed by atoms with Crippen molar-refractivity contribution in [1.82, 2.24) is 14.7 Å². The molecule has 2 aromatic rings. The molecule has 1 aliphatic rings. The lowest BCUT2D eigenvalue weighted by Gasteiger charge is -2.12. The third kappa shape index (κ3) is 1.60. The van der Waals surface area contributed by atoms with E-state index in [2.05, 4.69) is 29.6 Å². The number of aromatic nitrogens is 2. The zero-order chi connectivity index (χ0) is 12.7. The average Bonchev–Trinajstić information content (AvgIpc) is 2.66. The summed E-state index contributed by atoms with van der Waals surface area (Å²) in [6.45, 7) is 4.75. The van der Waals surface area contributed by atoms with Gasteiger partial charge in [-0.3, -0.25) is 4.79 Å². The second kappa shape index (κ2) is 4.12. The summed E-state index contributed by atoms with van der Waals surface area (Å²) in [4.78, 5) is 16.4. The van der Waals surface area contributed by atoms with Crippen LogP contribution in [0.3, 0.4) is 0 Å². The average molecular weight is 243 g/mol. The fourth-order valence-corrected chi connectivity index (χ4v) is 2.74. The van der Waals surface area contributed by atoms with E-state index in [-0.39, 0.29) is 11.8 Å². The molecule has 3 rings (SSSR count). The molecule has 0 aromatic carbocycles. The van der Waals surface area contributed by atoms with Gasteiger partial charge in [-0.1, -0.05) is 13.0 Å². The molecule has 0 unspecified atom stereocenters. The van der Waals surface area contributed by atoms with Gasteiger partial charge in [-0.15, -0.1) is 0 Å². The number of carbonyl (C=O) groups is 1. The quantitative estimate of drug-likeness (QED) is 0.834. The van der Waals surface area contributed by atoms with Crippen molar-refractivity contribution in [2.45, 2.75) is 39.2 Å². The maximum absolute atomic E-state index is 11.7. The second-order valence-corrected chi connectivity index (χ2v) is 4.91. The third-order valence-corrected chi connectivity index (χ3v) is 3.72. The van der Waals surface area contributed by atoms with E-state index in [0.29, 0.717) is 13.0 Å². The van der Waals surface area contributed by atoms with Crippen LogP contribution in [-0.2, 0) is 11.3 Å². The van der Waals surface area contributed by atoms with Crippen LogP contribution in [0, 0.1) is 6.92 Å². The Morgan fingerprint density at radius 1 is 1.56 bits per heavy atom. The molecule has 0 saturated carbocycles. The van der Waals surface area contributed by atoms with E-state index in [9.17, 15) is 4.79 Å². The molecule has 1 N–H and O–H groups in total. The maximum atomic E-state index is 11.7. The first-order valence-corrected chi connectivity index (χ1v) is 6.44. The van der Waals surface area contributed by atoms with Crippen LogP contribution in [0.2, 0.25) is 0 Å². The number of nitrogens with zero attached hydrogens (tertiary/aromatic N) is 2. The van der Waals surface area contributed by atoms with Gasteiger partial charge in [-0.25, -0.2) is 4.98 Å². The molecular weight excluding hydrogens is 226 g/mol. The molecule has 0 spiro atoms. The number of imidazole rings is 1. The number of fused-ring (bicyclic) bond motifs is 3. The fourth-order valence-electron chi connectivity index (χ4n) is 2.74. The first-order chi connectivity index (χ1) is 8.70. The predicted octanol–water partition coefficient (Wildman–Crippen LogP) is 2.16. The van der Waals surface area contributed by atoms with Gasteiger partial charge in [-0.2, -0.15) is 0 Å². The van der Waals surface area contributed by atoms with Crippen molar-refractivity contribution in [2.75, 3.05) is 0 Å². The van der Waals surface area contributed by atoms with E-state index in [4.69, 9.17) is 4.98 Å². The van der Waals surface area contributed by atoms with E-state index in [1.54, 1.807) is 0 Å². The first-order valence-electron chi connectivity index (χ1n) is 6.44. The van der Waals surface area contributed by atoms with Crippen molar-refractivity contribution in [1.29, 1.82) is 0 Å². The topological polar surface area (TPSA) is 46.4 Å². The number of carbonyl (C=O) groups excluding carboxylic acids is 1. The van der Waals surface area contributed by atoms with Gasteiger partial charge in [0.05, 0.1) is 17.9 Å². The van der Waals surface area contributed by atoms with E-state index in [1.807, 2.05) is 12.3 Å². The number of pyridine rings is 1. The minimum absolute atomic E-state index is 0.126. The molecule has 4 nitrogen and oxygen atoms in total. The van der Waals surface area contributed by atoms with E-state index < -0.39 is 0 Å². The Kier molecular flexibility index (Phi) is 2.58. The Labute approximate surface area is 106 Å². The van der Waals surface area contributed by atoms with Crippen molar-refractivity contribution < 1.29 is 4.79 Å². The second-order valence-electron chi connectivity index (χ2n) is 4.91. The third-order valence-electron chi connectivity index (χ3n) is 3.72. The van der Waals surface area contributed by atoms with Gasteiger partial charge in [0, 0.05) is 18.5 Å². The number of rotatable bonds is 1. The zero-order valence-electron chi connectivity index (χ0n) is 10.7. The zero-order valence-corrected chi connectivity index (χ0v) is 10.7. The van der Waals surface area contributed by atoms with Gasteiger partial charge in [0.15, 0.2) is 0 Å². The van der Waals surface area contributed by atoms with E-state index in [0.717, 1.165) is 17.8 Å². The summed E-state index contributed by atoms with van der Waals surface area (Å²) >= 11 is 0. The Morgan fingerprint density at radius 2 is 2.39 bits per heavy atom. The van der Waals surface area contributed by atoms with Crippen molar-refractivity contribution in [3.63, 3.8) is 0 Å². The van der Waals surface area contributed by atoms with Crippen molar-refractivity contribution >= 4 is 11.6 Å². The van der Waals surface area contributed by atoms with Crippen LogP contribution >= 0.6 is 0 Å². The standard InChI is InChI=1S/C14H17N3O/c1-3-10-7-12(18)15-8-11-13(10)17-6-4-5-9(2)14(17)16-11/h4-6,10H,3,7-8H2,1-2H3,(H,15,18)/t10-/m0/s1. The lowest BCUT2D eigenvalue weighted by atomic mass is 9.97. The molecule has 0 saturated heterocycles. The molecule has 0 aliphatic carbocycles. The van der Waals surface area contributed by atoms with E-state index in [1.165, 1.54) is 11.3 Å². The predicted molar refractivity (Wildman–Crippen MR) is 69.4 cm³/mol. The van der Waals surface area contributed by atoms with Gasteiger partial charge in [-0.05, 0) is 25.0 Å². The molecule has 3 heterocycles. The van der Waals surface area contributed by atoms with Gasteiger partial charge in [0.25, 0.3) is 0 Å². The molecule has 1 amide bonds. The number of nitrogens with one attached hydrogen (secondary N) is 1. The molecule has 4 heteroatoms. The largest absolute Gasteiger partial charge is 0.350 e. The lowest BCUT2D eigenvalue weighted by Crippen LogP contribution is -2.21. The Bertz CT molecular complexity index is 615. The Hall–Kier alpha value is -1.84. The molecule has 0 fully saturated rings. The molecule has 0 radical (unpaired) electrons. The highest BCUT2D eigenvalue weighted by Crippen LogP contribution is 2.30. The van der Waals surface area contributed by atoms with Gasteiger partial charge in [0.1, 0.15) is 5.65 Å². The first kappa shape index (κ1) is 11.3. The van der Waals surface area contributed by atoms with Crippen molar-refractivity contribution in [2.24, 2.45) is 0 Å². The van der Waals surface area contributed by atoms with Gasteiger partial charge in [0.2, 0.25) is 5.91 Å². The lowest BCUT2D eigenvalue weighted by molar-refractivity contribution is -0.121. The van der Waals surface area contributed by atoms with Crippen LogP contribution in [0.1, 0.15) is 42.6 Å². The molecular formula is C14H17N3O. The van der Waals surface area contributed by atoms with Crippen LogP contribution in [0.15, 0.2) is 18.3 Å². The Balaban J connectivity index is 2.25. The minimum Gasteiger partial charge on any atom is -0.350 e. The molecule has 94 valence electrons. The van der Waals surface area contributed by atoms with Gasteiger partial charge >= 0.3 is 0 Å². The fraction of sp³-hybridized carbons (Fsp3) is 0.429. The number of aryl methyl sites for hydroxylation is 1. The number of hydrogen-bond donors (Lipinski definition) is 1. The summed E-state index contributed by atoms with van der Waals surface area (Å²) in [6, 6.07) is 4.11. The summed E-state index contributed by atoms with van der Waals surface area (Å²) in [5, 5.41) is 2.93. The van der Waals surface area contributed by atoms with Gasteiger partial charge < -0.3 is 9.72 Å². The van der Waals surface area contributed by atoms with Crippen LogP contribution < -0.4 is 5.32 Å². The normalized spacial score (nSPS) is 19.4. The van der Waals surface area contributed by atoms with Crippen LogP contribution in [-0.4, -0.2) is 15.3 Å². The highest BCUT2D eigenvalue weighted by atomic mass is 16.1. The monoisotopic (exact) mass is 243 g/mol. The highest BCUT2D eigenvalue weighted by Gasteiger charge is 2.26. The summed E-state index contributed by atoms with van der Waals surface area (Å²) in [5.41, 5.74) is 4.40. The van der Waals surface area contributed by atoms with E-state index >= 15 is 0 Å². The molecule has 1 aliphatic heterocycles. The molecule has 2 aromatic heterocycles. The van der Waals surface area contributed by atoms with Crippen molar-refractivity contribution in [3.8, 4) is 0 Å². The maximum Gasteiger partial charge on any atom is 0.220 e. The highest BCUT2D eigenvalue weighted by molar-refractivity contribution is 5.77.